The van der Waals surface area contributed by atoms with Gasteiger partial charge in [-0.3, -0.25) is 0 Å². The molecule has 0 radical (unpaired) electrons. The van der Waals surface area contributed by atoms with Crippen LogP contribution < -0.4 is 0 Å². The Kier molecular flexibility index (Phi) is 4.30. The Morgan fingerprint density at radius 2 is 1.82 bits per heavy atom. The van der Waals surface area contributed by atoms with Gasteiger partial charge >= 0.3 is 0 Å². The summed E-state index contributed by atoms with van der Waals surface area (Å²) in [6.07, 6.45) is 0. The number of hydrogen-bond donors (Lipinski definition) is 0. The smallest absolute Gasteiger partial charge is 0.0232 e. The third-order valence-corrected chi connectivity index (χ3v) is 4.33. The minimum absolute atomic E-state index is 1.02. The van der Waals surface area contributed by atoms with Crippen LogP contribution in [0.5, 0.6) is 0 Å². The summed E-state index contributed by atoms with van der Waals surface area (Å²) in [5, 5.41) is 0. The number of hydrogen-bond acceptors (Lipinski definition) is 1. The maximum atomic E-state index is 3.50. The first-order chi connectivity index (χ1) is 8.15. The van der Waals surface area contributed by atoms with Crippen LogP contribution in [0.25, 0.3) is 0 Å². The molecule has 2 aromatic carbocycles. The van der Waals surface area contributed by atoms with Crippen molar-refractivity contribution in [1.82, 2.24) is 0 Å². The van der Waals surface area contributed by atoms with Gasteiger partial charge in [-0.2, -0.15) is 0 Å². The van der Waals surface area contributed by atoms with E-state index in [1.165, 1.54) is 21.6 Å². The molecule has 2 rings (SSSR count). The predicted molar refractivity (Wildman–Crippen MR) is 79.6 cm³/mol. The minimum atomic E-state index is 1.02. The van der Waals surface area contributed by atoms with Gasteiger partial charge in [-0.25, -0.2) is 0 Å². The van der Waals surface area contributed by atoms with E-state index in [1.807, 2.05) is 11.8 Å². The van der Waals surface area contributed by atoms with Crippen molar-refractivity contribution in [3.05, 3.63) is 63.6 Å². The minimum Gasteiger partial charge on any atom is -0.121 e. The van der Waals surface area contributed by atoms with E-state index in [9.17, 15) is 0 Å². The van der Waals surface area contributed by atoms with Gasteiger partial charge in [0.1, 0.15) is 0 Å². The first kappa shape index (κ1) is 12.7. The zero-order chi connectivity index (χ0) is 12.3. The van der Waals surface area contributed by atoms with Crippen LogP contribution in [0.1, 0.15) is 16.7 Å². The molecular weight excluding hydrogens is 292 g/mol. The summed E-state index contributed by atoms with van der Waals surface area (Å²) in [6, 6.07) is 15.1. The summed E-state index contributed by atoms with van der Waals surface area (Å²) < 4.78 is 1.15. The molecule has 0 aliphatic rings. The van der Waals surface area contributed by atoms with Crippen molar-refractivity contribution in [3.63, 3.8) is 0 Å². The molecule has 0 aliphatic heterocycles. The van der Waals surface area contributed by atoms with Crippen molar-refractivity contribution in [2.24, 2.45) is 0 Å². The number of benzene rings is 2. The largest absolute Gasteiger partial charge is 0.121 e. The van der Waals surface area contributed by atoms with Crippen molar-refractivity contribution in [2.45, 2.75) is 24.5 Å². The Balaban J connectivity index is 2.05. The van der Waals surface area contributed by atoms with Crippen LogP contribution in [-0.2, 0) is 5.75 Å². The van der Waals surface area contributed by atoms with Crippen LogP contribution in [-0.4, -0.2) is 0 Å². The average Bonchev–Trinajstić information content (AvgIpc) is 2.31. The molecule has 0 atom stereocenters. The van der Waals surface area contributed by atoms with Gasteiger partial charge in [0.2, 0.25) is 0 Å². The van der Waals surface area contributed by atoms with Gasteiger partial charge in [-0.1, -0.05) is 34.1 Å². The molecule has 0 spiro atoms. The number of halogens is 1. The lowest BCUT2D eigenvalue weighted by atomic mass is 10.1. The zero-order valence-electron chi connectivity index (χ0n) is 10.0. The van der Waals surface area contributed by atoms with E-state index in [0.29, 0.717) is 0 Å². The Morgan fingerprint density at radius 3 is 2.53 bits per heavy atom. The van der Waals surface area contributed by atoms with E-state index < -0.39 is 0 Å². The van der Waals surface area contributed by atoms with E-state index in [4.69, 9.17) is 0 Å². The fourth-order valence-corrected chi connectivity index (χ4v) is 2.98. The molecule has 0 unspecified atom stereocenters. The van der Waals surface area contributed by atoms with Crippen LogP contribution in [0.15, 0.2) is 51.8 Å². The lowest BCUT2D eigenvalue weighted by molar-refractivity contribution is 1.27. The van der Waals surface area contributed by atoms with E-state index in [2.05, 4.69) is 72.2 Å². The molecule has 0 aromatic heterocycles. The van der Waals surface area contributed by atoms with Gasteiger partial charge in [0.25, 0.3) is 0 Å². The van der Waals surface area contributed by atoms with Gasteiger partial charge in [0, 0.05) is 15.1 Å². The summed E-state index contributed by atoms with van der Waals surface area (Å²) in [4.78, 5) is 1.34. The fourth-order valence-electron chi connectivity index (χ4n) is 1.60. The molecule has 88 valence electrons. The Labute approximate surface area is 116 Å². The van der Waals surface area contributed by atoms with Crippen molar-refractivity contribution in [3.8, 4) is 0 Å². The number of aryl methyl sites for hydroxylation is 2. The quantitative estimate of drug-likeness (QED) is 0.688. The highest BCUT2D eigenvalue weighted by atomic mass is 79.9. The molecule has 0 saturated heterocycles. The lowest BCUT2D eigenvalue weighted by Gasteiger charge is -2.05. The predicted octanol–water partition coefficient (Wildman–Crippen LogP) is 5.36. The Hall–Kier alpha value is -0.730. The molecule has 0 N–H and O–H groups in total. The van der Waals surface area contributed by atoms with Gasteiger partial charge < -0.3 is 0 Å². The summed E-state index contributed by atoms with van der Waals surface area (Å²) in [5.41, 5.74) is 4.07. The molecule has 0 bridgehead atoms. The highest BCUT2D eigenvalue weighted by molar-refractivity contribution is 9.10. The topological polar surface area (TPSA) is 0 Å². The van der Waals surface area contributed by atoms with E-state index in [0.717, 1.165) is 10.2 Å². The molecule has 0 heterocycles. The monoisotopic (exact) mass is 306 g/mol. The second-order valence-electron chi connectivity index (χ2n) is 4.16. The van der Waals surface area contributed by atoms with Crippen LogP contribution in [0.3, 0.4) is 0 Å². The Bertz CT molecular complexity index is 520. The summed E-state index contributed by atoms with van der Waals surface area (Å²) in [7, 11) is 0. The summed E-state index contributed by atoms with van der Waals surface area (Å²) in [5.74, 6) is 1.02. The first-order valence-electron chi connectivity index (χ1n) is 5.59. The molecule has 0 amide bonds. The van der Waals surface area contributed by atoms with E-state index in [-0.39, 0.29) is 0 Å². The lowest BCUT2D eigenvalue weighted by Crippen LogP contribution is -1.83. The summed E-state index contributed by atoms with van der Waals surface area (Å²) >= 11 is 5.38. The van der Waals surface area contributed by atoms with Crippen molar-refractivity contribution in [2.75, 3.05) is 0 Å². The third kappa shape index (κ3) is 3.62. The van der Waals surface area contributed by atoms with Gasteiger partial charge in [0.15, 0.2) is 0 Å². The highest BCUT2D eigenvalue weighted by Crippen LogP contribution is 2.25. The standard InChI is InChI=1S/C15H15BrS/c1-11-6-7-15(8-12(11)2)17-10-13-4-3-5-14(16)9-13/h3-9H,10H2,1-2H3. The molecule has 0 saturated carbocycles. The van der Waals surface area contributed by atoms with E-state index >= 15 is 0 Å². The van der Waals surface area contributed by atoms with Gasteiger partial charge in [-0.05, 0) is 54.8 Å². The number of rotatable bonds is 3. The molecule has 2 aromatic rings. The summed E-state index contributed by atoms with van der Waals surface area (Å²) in [6.45, 7) is 4.32. The maximum Gasteiger partial charge on any atom is 0.0232 e. The van der Waals surface area contributed by atoms with Gasteiger partial charge in [0.05, 0.1) is 0 Å². The number of thioether (sulfide) groups is 1. The molecular formula is C15H15BrS. The molecule has 0 nitrogen and oxygen atoms in total. The first-order valence-corrected chi connectivity index (χ1v) is 7.37. The van der Waals surface area contributed by atoms with E-state index in [1.54, 1.807) is 0 Å². The molecule has 0 fully saturated rings. The van der Waals surface area contributed by atoms with Crippen molar-refractivity contribution < 1.29 is 0 Å². The van der Waals surface area contributed by atoms with Crippen LogP contribution >= 0.6 is 27.7 Å². The van der Waals surface area contributed by atoms with Crippen LogP contribution in [0.4, 0.5) is 0 Å². The maximum absolute atomic E-state index is 3.50. The highest BCUT2D eigenvalue weighted by Gasteiger charge is 1.99. The SMILES string of the molecule is Cc1ccc(SCc2cccc(Br)c2)cc1C. The van der Waals surface area contributed by atoms with Crippen LogP contribution in [0, 0.1) is 13.8 Å². The normalized spacial score (nSPS) is 10.5. The fraction of sp³-hybridized carbons (Fsp3) is 0.200. The zero-order valence-corrected chi connectivity index (χ0v) is 12.4. The Morgan fingerprint density at radius 1 is 1.00 bits per heavy atom. The van der Waals surface area contributed by atoms with Crippen molar-refractivity contribution in [1.29, 1.82) is 0 Å². The van der Waals surface area contributed by atoms with Crippen LogP contribution in [0.2, 0.25) is 0 Å². The molecule has 17 heavy (non-hydrogen) atoms. The van der Waals surface area contributed by atoms with Crippen molar-refractivity contribution >= 4 is 27.7 Å². The molecule has 0 aliphatic carbocycles. The third-order valence-electron chi connectivity index (χ3n) is 2.77. The van der Waals surface area contributed by atoms with Gasteiger partial charge in [-0.15, -0.1) is 11.8 Å². The molecule has 2 heteroatoms. The second-order valence-corrected chi connectivity index (χ2v) is 6.13. The second kappa shape index (κ2) is 5.74. The average molecular weight is 307 g/mol.